The highest BCUT2D eigenvalue weighted by Gasteiger charge is 2.50. The summed E-state index contributed by atoms with van der Waals surface area (Å²) in [5.41, 5.74) is 1.06. The van der Waals surface area contributed by atoms with E-state index in [0.717, 1.165) is 5.56 Å². The van der Waals surface area contributed by atoms with Crippen LogP contribution >= 0.6 is 0 Å². The van der Waals surface area contributed by atoms with Crippen LogP contribution in [0.15, 0.2) is 30.3 Å². The van der Waals surface area contributed by atoms with Crippen LogP contribution in [0.5, 0.6) is 0 Å². The molecule has 1 fully saturated rings. The Balaban J connectivity index is 1.80. The van der Waals surface area contributed by atoms with Crippen molar-refractivity contribution in [2.24, 2.45) is 5.92 Å². The Bertz CT molecular complexity index is 583. The number of benzene rings is 1. The summed E-state index contributed by atoms with van der Waals surface area (Å²) in [5, 5.41) is 10.6. The van der Waals surface area contributed by atoms with E-state index in [1.807, 2.05) is 71.9 Å². The monoisotopic (exact) mass is 379 g/mol. The van der Waals surface area contributed by atoms with Crippen LogP contribution in [0.1, 0.15) is 47.1 Å². The van der Waals surface area contributed by atoms with Gasteiger partial charge in [-0.25, -0.2) is 4.79 Å². The molecule has 0 radical (unpaired) electrons. The maximum atomic E-state index is 12.3. The number of aliphatic hydroxyl groups is 1. The minimum atomic E-state index is -0.714. The Hall–Kier alpha value is -1.63. The lowest BCUT2D eigenvalue weighted by molar-refractivity contribution is -0.0608. The molecule has 0 aromatic heterocycles. The summed E-state index contributed by atoms with van der Waals surface area (Å²) < 4.78 is 16.7. The van der Waals surface area contributed by atoms with E-state index in [2.05, 4.69) is 0 Å². The third kappa shape index (κ3) is 5.92. The Morgan fingerprint density at radius 2 is 1.70 bits per heavy atom. The molecule has 1 aliphatic rings. The first kappa shape index (κ1) is 21.7. The van der Waals surface area contributed by atoms with Crippen molar-refractivity contribution in [3.05, 3.63) is 35.9 Å². The van der Waals surface area contributed by atoms with Crippen molar-refractivity contribution in [3.8, 4) is 0 Å². The van der Waals surface area contributed by atoms with Crippen molar-refractivity contribution in [2.75, 3.05) is 0 Å². The van der Waals surface area contributed by atoms with E-state index in [4.69, 9.17) is 14.2 Å². The van der Waals surface area contributed by atoms with Crippen LogP contribution in [0.3, 0.4) is 0 Å². The zero-order valence-corrected chi connectivity index (χ0v) is 17.2. The fourth-order valence-electron chi connectivity index (χ4n) is 3.28. The first-order chi connectivity index (χ1) is 12.7. The predicted octanol–water partition coefficient (Wildman–Crippen LogP) is 3.57. The fraction of sp³-hybridized carbons (Fsp3) is 0.667. The van der Waals surface area contributed by atoms with Gasteiger partial charge in [0.05, 0.1) is 18.8 Å². The second kappa shape index (κ2) is 9.53. The molecule has 0 bridgehead atoms. The van der Waals surface area contributed by atoms with Crippen LogP contribution in [0.4, 0.5) is 4.79 Å². The standard InChI is InChI=1S/C21H33NO5/c1-13(2)22(14(3)4)21(24)27-20-19(26-20)15(5)18(23)16(6)25-12-17-10-8-7-9-11-17/h7-11,13-16,18-20,23H,12H2,1-6H3/t15-,16-,18+,19-,20+/m0/s1. The molecule has 27 heavy (non-hydrogen) atoms. The summed E-state index contributed by atoms with van der Waals surface area (Å²) in [4.78, 5) is 14.0. The molecular formula is C21H33NO5. The minimum absolute atomic E-state index is 0.0455. The molecule has 0 spiro atoms. The van der Waals surface area contributed by atoms with Crippen molar-refractivity contribution in [1.29, 1.82) is 0 Å². The molecule has 1 aromatic rings. The molecule has 152 valence electrons. The van der Waals surface area contributed by atoms with E-state index in [-0.39, 0.29) is 36.3 Å². The summed E-state index contributed by atoms with van der Waals surface area (Å²) in [6.07, 6.45) is -2.38. The van der Waals surface area contributed by atoms with Gasteiger partial charge in [0.2, 0.25) is 6.29 Å². The van der Waals surface area contributed by atoms with Gasteiger partial charge in [-0.15, -0.1) is 0 Å². The van der Waals surface area contributed by atoms with Gasteiger partial charge in [0.15, 0.2) is 0 Å². The number of hydrogen-bond acceptors (Lipinski definition) is 5. The molecule has 1 aromatic carbocycles. The van der Waals surface area contributed by atoms with E-state index in [9.17, 15) is 9.90 Å². The summed E-state index contributed by atoms with van der Waals surface area (Å²) in [7, 11) is 0. The predicted molar refractivity (Wildman–Crippen MR) is 103 cm³/mol. The molecule has 0 aliphatic carbocycles. The lowest BCUT2D eigenvalue weighted by atomic mass is 9.97. The number of hydrogen-bond donors (Lipinski definition) is 1. The molecular weight excluding hydrogens is 346 g/mol. The fourth-order valence-corrected chi connectivity index (χ4v) is 3.28. The van der Waals surface area contributed by atoms with Gasteiger partial charge < -0.3 is 24.2 Å². The lowest BCUT2D eigenvalue weighted by Crippen LogP contribution is -2.43. The lowest BCUT2D eigenvalue weighted by Gasteiger charge is -2.29. The van der Waals surface area contributed by atoms with Gasteiger partial charge in [-0.2, -0.15) is 0 Å². The minimum Gasteiger partial charge on any atom is -0.417 e. The van der Waals surface area contributed by atoms with E-state index >= 15 is 0 Å². The van der Waals surface area contributed by atoms with Crippen molar-refractivity contribution < 1.29 is 24.1 Å². The molecule has 1 aliphatic heterocycles. The first-order valence-corrected chi connectivity index (χ1v) is 9.70. The molecule has 1 N–H and O–H groups in total. The Kier molecular flexibility index (Phi) is 7.65. The van der Waals surface area contributed by atoms with Crippen LogP contribution in [-0.2, 0) is 20.8 Å². The average molecular weight is 379 g/mol. The molecule has 1 amide bonds. The highest BCUT2D eigenvalue weighted by atomic mass is 16.8. The number of rotatable bonds is 9. The van der Waals surface area contributed by atoms with Crippen LogP contribution < -0.4 is 0 Å². The highest BCUT2D eigenvalue weighted by Crippen LogP contribution is 2.34. The van der Waals surface area contributed by atoms with Gasteiger partial charge in [-0.1, -0.05) is 37.3 Å². The molecule has 6 heteroatoms. The maximum absolute atomic E-state index is 12.3. The van der Waals surface area contributed by atoms with Crippen molar-refractivity contribution in [2.45, 2.75) is 84.8 Å². The summed E-state index contributed by atoms with van der Waals surface area (Å²) in [6, 6.07) is 9.92. The second-order valence-electron chi connectivity index (χ2n) is 7.80. The number of amides is 1. The zero-order valence-electron chi connectivity index (χ0n) is 17.2. The molecule has 6 nitrogen and oxygen atoms in total. The quantitative estimate of drug-likeness (QED) is 0.664. The Morgan fingerprint density at radius 3 is 2.26 bits per heavy atom. The van der Waals surface area contributed by atoms with Gasteiger partial charge in [-0.3, -0.25) is 0 Å². The van der Waals surface area contributed by atoms with Gasteiger partial charge >= 0.3 is 6.09 Å². The van der Waals surface area contributed by atoms with Crippen LogP contribution in [-0.4, -0.2) is 52.8 Å². The van der Waals surface area contributed by atoms with Crippen molar-refractivity contribution in [1.82, 2.24) is 4.90 Å². The molecule has 1 saturated heterocycles. The zero-order chi connectivity index (χ0) is 20.1. The second-order valence-corrected chi connectivity index (χ2v) is 7.80. The third-order valence-electron chi connectivity index (χ3n) is 4.92. The van der Waals surface area contributed by atoms with Crippen molar-refractivity contribution in [3.63, 3.8) is 0 Å². The molecule has 1 heterocycles. The van der Waals surface area contributed by atoms with Crippen LogP contribution in [0.25, 0.3) is 0 Å². The smallest absolute Gasteiger partial charge is 0.412 e. The number of aliphatic hydroxyl groups excluding tert-OH is 1. The van der Waals surface area contributed by atoms with E-state index in [1.165, 1.54) is 0 Å². The number of nitrogens with zero attached hydrogens (tertiary/aromatic N) is 1. The summed E-state index contributed by atoms with van der Waals surface area (Å²) in [6.45, 7) is 12.0. The van der Waals surface area contributed by atoms with E-state index < -0.39 is 12.4 Å². The Labute approximate surface area is 162 Å². The number of carbonyl (C=O) groups is 1. The SMILES string of the molecule is CC(C)N(C(=O)O[C@H]1O[C@H]1[C@@H](C)[C@@H](O)[C@H](C)OCc1ccccc1)C(C)C. The highest BCUT2D eigenvalue weighted by molar-refractivity contribution is 5.68. The average Bonchev–Trinajstić information content (AvgIpc) is 3.37. The van der Waals surface area contributed by atoms with Crippen LogP contribution in [0, 0.1) is 5.92 Å². The summed E-state index contributed by atoms with van der Waals surface area (Å²) in [5.74, 6) is -0.208. The van der Waals surface area contributed by atoms with Gasteiger partial charge in [-0.05, 0) is 40.2 Å². The largest absolute Gasteiger partial charge is 0.417 e. The molecule has 5 atom stereocenters. The Morgan fingerprint density at radius 1 is 1.11 bits per heavy atom. The number of carbonyl (C=O) groups excluding carboxylic acids is 1. The third-order valence-corrected chi connectivity index (χ3v) is 4.92. The van der Waals surface area contributed by atoms with E-state index in [1.54, 1.807) is 4.90 Å². The first-order valence-electron chi connectivity index (χ1n) is 9.70. The van der Waals surface area contributed by atoms with Gasteiger partial charge in [0.1, 0.15) is 6.10 Å². The summed E-state index contributed by atoms with van der Waals surface area (Å²) >= 11 is 0. The topological polar surface area (TPSA) is 71.5 Å². The number of epoxide rings is 1. The van der Waals surface area contributed by atoms with Gasteiger partial charge in [0.25, 0.3) is 0 Å². The molecule has 0 unspecified atom stereocenters. The number of ether oxygens (including phenoxy) is 3. The molecule has 2 rings (SSSR count). The van der Waals surface area contributed by atoms with Gasteiger partial charge in [0, 0.05) is 18.0 Å². The maximum Gasteiger partial charge on any atom is 0.412 e. The molecule has 0 saturated carbocycles. The van der Waals surface area contributed by atoms with E-state index in [0.29, 0.717) is 6.61 Å². The normalized spacial score (nSPS) is 22.4. The van der Waals surface area contributed by atoms with Crippen LogP contribution in [0.2, 0.25) is 0 Å². The van der Waals surface area contributed by atoms with Crippen molar-refractivity contribution >= 4 is 6.09 Å².